The second-order valence-corrected chi connectivity index (χ2v) is 5.34. The van der Waals surface area contributed by atoms with Crippen LogP contribution in [0, 0.1) is 0 Å². The highest BCUT2D eigenvalue weighted by Gasteiger charge is 2.39. The molecule has 1 aliphatic rings. The van der Waals surface area contributed by atoms with Crippen LogP contribution >= 0.6 is 0 Å². The quantitative estimate of drug-likeness (QED) is 0.777. The summed E-state index contributed by atoms with van der Waals surface area (Å²) in [7, 11) is 0. The third-order valence-corrected chi connectivity index (χ3v) is 2.49. The first kappa shape index (κ1) is 15.3. The van der Waals surface area contributed by atoms with Gasteiger partial charge >= 0.3 is 18.0 Å². The van der Waals surface area contributed by atoms with Crippen LogP contribution in [0.5, 0.6) is 0 Å². The second kappa shape index (κ2) is 5.90. The van der Waals surface area contributed by atoms with Crippen molar-refractivity contribution in [3.05, 3.63) is 0 Å². The molecule has 108 valence electrons. The molecule has 1 rings (SSSR count). The summed E-state index contributed by atoms with van der Waals surface area (Å²) in [6.45, 7) is 5.03. The standard InChI is InChI=1S/C12H19NO6/c1-12(2,3)19-11(17)13-7-18-10(16)8(13)5-4-6-9(14)15/h8H,4-7H2,1-3H3,(H,14,15)/t8-/m0/s1. The molecule has 0 aromatic rings. The Balaban J connectivity index is 2.58. The summed E-state index contributed by atoms with van der Waals surface area (Å²) >= 11 is 0. The number of carbonyl (C=O) groups is 3. The smallest absolute Gasteiger partial charge is 0.413 e. The summed E-state index contributed by atoms with van der Waals surface area (Å²) in [5.41, 5.74) is -0.658. The van der Waals surface area contributed by atoms with Gasteiger partial charge in [-0.15, -0.1) is 0 Å². The van der Waals surface area contributed by atoms with E-state index in [0.717, 1.165) is 0 Å². The summed E-state index contributed by atoms with van der Waals surface area (Å²) in [6, 6.07) is -0.755. The number of nitrogens with zero attached hydrogens (tertiary/aromatic N) is 1. The predicted molar refractivity (Wildman–Crippen MR) is 64.3 cm³/mol. The van der Waals surface area contributed by atoms with E-state index < -0.39 is 29.7 Å². The van der Waals surface area contributed by atoms with Crippen molar-refractivity contribution in [2.45, 2.75) is 51.7 Å². The first-order valence-corrected chi connectivity index (χ1v) is 6.09. The normalized spacial score (nSPS) is 19.2. The number of amides is 1. The molecule has 0 bridgehead atoms. The Hall–Kier alpha value is -1.79. The highest BCUT2D eigenvalue weighted by Crippen LogP contribution is 2.20. The number of esters is 1. The van der Waals surface area contributed by atoms with Gasteiger partial charge in [0.25, 0.3) is 0 Å². The Morgan fingerprint density at radius 2 is 2.11 bits per heavy atom. The van der Waals surface area contributed by atoms with Crippen molar-refractivity contribution in [3.8, 4) is 0 Å². The van der Waals surface area contributed by atoms with E-state index in [9.17, 15) is 14.4 Å². The van der Waals surface area contributed by atoms with Gasteiger partial charge in [0.15, 0.2) is 6.73 Å². The maximum absolute atomic E-state index is 11.9. The fourth-order valence-corrected chi connectivity index (χ4v) is 1.67. The van der Waals surface area contributed by atoms with E-state index >= 15 is 0 Å². The molecule has 1 saturated heterocycles. The molecule has 0 spiro atoms. The third kappa shape index (κ3) is 4.76. The topological polar surface area (TPSA) is 93.1 Å². The molecule has 1 amide bonds. The van der Waals surface area contributed by atoms with Gasteiger partial charge in [-0.2, -0.15) is 0 Å². The second-order valence-electron chi connectivity index (χ2n) is 5.34. The van der Waals surface area contributed by atoms with Crippen molar-refractivity contribution in [2.24, 2.45) is 0 Å². The SMILES string of the molecule is CC(C)(C)OC(=O)N1COC(=O)[C@@H]1CCCC(=O)O. The van der Waals surface area contributed by atoms with E-state index in [1.54, 1.807) is 20.8 Å². The van der Waals surface area contributed by atoms with E-state index in [1.807, 2.05) is 0 Å². The molecule has 0 radical (unpaired) electrons. The molecule has 1 atom stereocenters. The van der Waals surface area contributed by atoms with Gasteiger partial charge in [-0.3, -0.25) is 9.69 Å². The molecular weight excluding hydrogens is 254 g/mol. The number of carboxylic acids is 1. The average molecular weight is 273 g/mol. The van der Waals surface area contributed by atoms with Crippen molar-refractivity contribution in [1.29, 1.82) is 0 Å². The van der Waals surface area contributed by atoms with Crippen LogP contribution in [0.25, 0.3) is 0 Å². The number of aliphatic carboxylic acids is 1. The lowest BCUT2D eigenvalue weighted by Gasteiger charge is -2.25. The highest BCUT2D eigenvalue weighted by atomic mass is 16.6. The first-order chi connectivity index (χ1) is 8.70. The summed E-state index contributed by atoms with van der Waals surface area (Å²) in [5.74, 6) is -1.45. The van der Waals surface area contributed by atoms with E-state index in [2.05, 4.69) is 0 Å². The van der Waals surface area contributed by atoms with Crippen molar-refractivity contribution in [3.63, 3.8) is 0 Å². The lowest BCUT2D eigenvalue weighted by molar-refractivity contribution is -0.140. The number of carboxylic acid groups (broad SMARTS) is 1. The van der Waals surface area contributed by atoms with Gasteiger partial charge in [0.2, 0.25) is 0 Å². The minimum absolute atomic E-state index is 0.0497. The zero-order chi connectivity index (χ0) is 14.6. The van der Waals surface area contributed by atoms with Crippen molar-refractivity contribution >= 4 is 18.0 Å². The van der Waals surface area contributed by atoms with E-state index in [4.69, 9.17) is 14.6 Å². The summed E-state index contributed by atoms with van der Waals surface area (Å²) in [4.78, 5) is 35.0. The molecule has 7 heteroatoms. The van der Waals surface area contributed by atoms with Crippen molar-refractivity contribution < 1.29 is 29.0 Å². The van der Waals surface area contributed by atoms with Gasteiger partial charge in [-0.1, -0.05) is 0 Å². The van der Waals surface area contributed by atoms with Crippen molar-refractivity contribution in [1.82, 2.24) is 4.90 Å². The summed E-state index contributed by atoms with van der Waals surface area (Å²) in [6.07, 6.45) is -0.122. The number of cyclic esters (lactones) is 1. The van der Waals surface area contributed by atoms with Crippen molar-refractivity contribution in [2.75, 3.05) is 6.73 Å². The largest absolute Gasteiger partial charge is 0.481 e. The molecule has 1 heterocycles. The predicted octanol–water partition coefficient (Wildman–Crippen LogP) is 1.36. The average Bonchev–Trinajstić information content (AvgIpc) is 2.57. The molecule has 0 aliphatic carbocycles. The van der Waals surface area contributed by atoms with Gasteiger partial charge in [-0.05, 0) is 33.6 Å². The Morgan fingerprint density at radius 3 is 2.63 bits per heavy atom. The monoisotopic (exact) mass is 273 g/mol. The fraction of sp³-hybridized carbons (Fsp3) is 0.750. The van der Waals surface area contributed by atoms with Crippen LogP contribution in [0.15, 0.2) is 0 Å². The van der Waals surface area contributed by atoms with Crippen LogP contribution < -0.4 is 0 Å². The zero-order valence-corrected chi connectivity index (χ0v) is 11.3. The van der Waals surface area contributed by atoms with Gasteiger partial charge < -0.3 is 14.6 Å². The molecule has 0 saturated carbocycles. The number of hydrogen-bond acceptors (Lipinski definition) is 5. The van der Waals surface area contributed by atoms with Gasteiger partial charge in [-0.25, -0.2) is 9.59 Å². The van der Waals surface area contributed by atoms with E-state index in [1.165, 1.54) is 4.90 Å². The van der Waals surface area contributed by atoms with Crippen LogP contribution in [-0.4, -0.2) is 46.4 Å². The summed E-state index contributed by atoms with van der Waals surface area (Å²) < 4.78 is 9.98. The molecule has 0 aromatic heterocycles. The molecule has 1 aliphatic heterocycles. The highest BCUT2D eigenvalue weighted by molar-refractivity contribution is 5.84. The minimum Gasteiger partial charge on any atom is -0.481 e. The summed E-state index contributed by atoms with van der Waals surface area (Å²) in [5, 5.41) is 8.56. The number of ether oxygens (including phenoxy) is 2. The Kier molecular flexibility index (Phi) is 4.74. The van der Waals surface area contributed by atoms with Gasteiger partial charge in [0, 0.05) is 6.42 Å². The van der Waals surface area contributed by atoms with Crippen LogP contribution in [-0.2, 0) is 19.1 Å². The fourth-order valence-electron chi connectivity index (χ4n) is 1.67. The Labute approximate surface area is 111 Å². The van der Waals surface area contributed by atoms with Gasteiger partial charge in [0.1, 0.15) is 11.6 Å². The van der Waals surface area contributed by atoms with E-state index in [0.29, 0.717) is 6.42 Å². The number of hydrogen-bond donors (Lipinski definition) is 1. The zero-order valence-electron chi connectivity index (χ0n) is 11.3. The van der Waals surface area contributed by atoms with Crippen LogP contribution in [0.2, 0.25) is 0 Å². The molecule has 7 nitrogen and oxygen atoms in total. The first-order valence-electron chi connectivity index (χ1n) is 6.09. The maximum atomic E-state index is 11.9. The molecule has 0 unspecified atom stereocenters. The molecule has 19 heavy (non-hydrogen) atoms. The lowest BCUT2D eigenvalue weighted by Crippen LogP contribution is -2.41. The Morgan fingerprint density at radius 1 is 1.47 bits per heavy atom. The van der Waals surface area contributed by atoms with E-state index in [-0.39, 0.29) is 19.6 Å². The minimum atomic E-state index is -0.935. The third-order valence-electron chi connectivity index (χ3n) is 2.49. The van der Waals surface area contributed by atoms with Crippen LogP contribution in [0.1, 0.15) is 40.0 Å². The lowest BCUT2D eigenvalue weighted by atomic mass is 10.1. The molecular formula is C12H19NO6. The molecule has 1 fully saturated rings. The Bertz CT molecular complexity index is 373. The maximum Gasteiger partial charge on any atom is 0.413 e. The molecule has 1 N–H and O–H groups in total. The number of rotatable bonds is 4. The number of carbonyl (C=O) groups excluding carboxylic acids is 2. The molecule has 0 aromatic carbocycles. The van der Waals surface area contributed by atoms with Gasteiger partial charge in [0.05, 0.1) is 0 Å². The van der Waals surface area contributed by atoms with Crippen LogP contribution in [0.3, 0.4) is 0 Å². The van der Waals surface area contributed by atoms with Crippen LogP contribution in [0.4, 0.5) is 4.79 Å².